The molecule has 2 unspecified atom stereocenters. The number of rotatable bonds is 97. The van der Waals surface area contributed by atoms with Crippen LogP contribution in [0.3, 0.4) is 0 Å². The smallest absolute Gasteiger partial charge is 0.462 e. The molecule has 0 bridgehead atoms. The van der Waals surface area contributed by atoms with Gasteiger partial charge in [0, 0.05) is 25.7 Å². The van der Waals surface area contributed by atoms with Gasteiger partial charge in [-0.05, 0) is 25.7 Å². The summed E-state index contributed by atoms with van der Waals surface area (Å²) in [6, 6.07) is 0. The van der Waals surface area contributed by atoms with Gasteiger partial charge < -0.3 is 33.8 Å². The van der Waals surface area contributed by atoms with E-state index in [0.717, 1.165) is 89.9 Å². The normalized spacial score (nSPS) is 13.6. The molecule has 0 radical (unpaired) electrons. The number of hydrogen-bond acceptors (Lipinski definition) is 15. The van der Waals surface area contributed by atoms with Crippen molar-refractivity contribution < 1.29 is 80.2 Å². The van der Waals surface area contributed by atoms with E-state index in [2.05, 4.69) is 27.7 Å². The standard InChI is InChI=1S/C96H188O17P2/c1-5-9-13-17-21-25-29-33-36-39-42-45-47-50-53-56-59-63-67-71-75-79-83-96(101)113-92(87-107-94(99)81-77-73-69-65-61-57-54-51-49-46-43-40-37-34-30-26-22-18-14-10-6-2)89-111-115(104,105)109-85-90(97)84-108-114(102,103)110-88-91(86-106-93(98)80-76-72-68-64-60-32-28-24-20-16-12-8-4)112-95(100)82-78-74-70-66-62-58-55-52-48-44-41-38-35-31-27-23-19-15-11-7-3/h90-92,97H,5-89H2,1-4H3,(H,102,103)(H,104,105)/t90-,91+,92+/m0/s1. The zero-order valence-electron chi connectivity index (χ0n) is 75.8. The highest BCUT2D eigenvalue weighted by Gasteiger charge is 2.31. The molecule has 0 saturated heterocycles. The molecule has 684 valence electrons. The first kappa shape index (κ1) is 113. The lowest BCUT2D eigenvalue weighted by molar-refractivity contribution is -0.161. The molecular weight excluding hydrogens is 1490 g/mol. The minimum absolute atomic E-state index is 0.110. The topological polar surface area (TPSA) is 237 Å². The summed E-state index contributed by atoms with van der Waals surface area (Å²) in [5.41, 5.74) is 0. The van der Waals surface area contributed by atoms with Gasteiger partial charge in [0.05, 0.1) is 26.4 Å². The largest absolute Gasteiger partial charge is 0.472 e. The lowest BCUT2D eigenvalue weighted by Gasteiger charge is -2.21. The van der Waals surface area contributed by atoms with Crippen LogP contribution in [-0.2, 0) is 65.4 Å². The first-order valence-electron chi connectivity index (χ1n) is 49.8. The van der Waals surface area contributed by atoms with Gasteiger partial charge in [-0.1, -0.05) is 484 Å². The van der Waals surface area contributed by atoms with Gasteiger partial charge in [0.25, 0.3) is 0 Å². The second-order valence-electron chi connectivity index (χ2n) is 34.5. The number of aliphatic hydroxyl groups is 1. The number of aliphatic hydroxyl groups excluding tert-OH is 1. The third-order valence-electron chi connectivity index (χ3n) is 22.9. The van der Waals surface area contributed by atoms with Gasteiger partial charge in [0.15, 0.2) is 12.2 Å². The van der Waals surface area contributed by atoms with Crippen molar-refractivity contribution in [1.82, 2.24) is 0 Å². The molecule has 0 spiro atoms. The number of esters is 4. The Labute approximate surface area is 708 Å². The molecule has 0 rings (SSSR count). The Balaban J connectivity index is 5.23. The van der Waals surface area contributed by atoms with Gasteiger partial charge in [0.1, 0.15) is 19.3 Å². The van der Waals surface area contributed by atoms with Gasteiger partial charge in [0.2, 0.25) is 0 Å². The van der Waals surface area contributed by atoms with Crippen molar-refractivity contribution in [1.29, 1.82) is 0 Å². The first-order chi connectivity index (χ1) is 56.2. The van der Waals surface area contributed by atoms with E-state index in [0.29, 0.717) is 25.7 Å². The van der Waals surface area contributed by atoms with E-state index in [1.165, 1.54) is 366 Å². The molecule has 0 saturated carbocycles. The lowest BCUT2D eigenvalue weighted by Crippen LogP contribution is -2.30. The van der Waals surface area contributed by atoms with Gasteiger partial charge in [-0.25, -0.2) is 9.13 Å². The molecule has 5 atom stereocenters. The predicted octanol–water partition coefficient (Wildman–Crippen LogP) is 30.4. The van der Waals surface area contributed by atoms with Crippen molar-refractivity contribution in [2.75, 3.05) is 39.6 Å². The Hall–Kier alpha value is -1.94. The van der Waals surface area contributed by atoms with Crippen LogP contribution in [0.25, 0.3) is 0 Å². The average Bonchev–Trinajstić information content (AvgIpc) is 0.898. The lowest BCUT2D eigenvalue weighted by atomic mass is 10.0. The molecule has 0 aromatic carbocycles. The molecule has 3 N–H and O–H groups in total. The van der Waals surface area contributed by atoms with E-state index in [-0.39, 0.29) is 25.7 Å². The summed E-state index contributed by atoms with van der Waals surface area (Å²) in [6.45, 7) is 5.11. The zero-order valence-corrected chi connectivity index (χ0v) is 77.6. The number of ether oxygens (including phenoxy) is 4. The number of unbranched alkanes of at least 4 members (excludes halogenated alkanes) is 71. The maximum absolute atomic E-state index is 13.2. The van der Waals surface area contributed by atoms with Gasteiger partial charge in [-0.15, -0.1) is 0 Å². The quantitative estimate of drug-likeness (QED) is 0.0222. The van der Waals surface area contributed by atoms with E-state index in [1.807, 2.05) is 0 Å². The summed E-state index contributed by atoms with van der Waals surface area (Å²) >= 11 is 0. The van der Waals surface area contributed by atoms with E-state index in [9.17, 15) is 43.2 Å². The molecule has 0 heterocycles. The van der Waals surface area contributed by atoms with Crippen molar-refractivity contribution in [3.63, 3.8) is 0 Å². The molecule has 0 aliphatic rings. The predicted molar refractivity (Wildman–Crippen MR) is 479 cm³/mol. The molecule has 0 fully saturated rings. The SMILES string of the molecule is CCCCCCCCCCCCCCCCCCCCCCCCC(=O)O[C@H](COC(=O)CCCCCCCCCCCCCCCCCCCCCCC)COP(=O)(O)OC[C@@H](O)COP(=O)(O)OC[C@@H](COC(=O)CCCCCCCCCCCCCC)OC(=O)CCCCCCCCCCCCCCCCCCCCCC. The van der Waals surface area contributed by atoms with Gasteiger partial charge in [-0.3, -0.25) is 37.3 Å². The molecular formula is C96H188O17P2. The molecule has 115 heavy (non-hydrogen) atoms. The molecule has 19 heteroatoms. The Morgan fingerprint density at radius 1 is 0.209 bits per heavy atom. The van der Waals surface area contributed by atoms with Crippen LogP contribution in [0, 0.1) is 0 Å². The van der Waals surface area contributed by atoms with Crippen LogP contribution in [0.15, 0.2) is 0 Å². The Kier molecular flexibility index (Phi) is 88.3. The fraction of sp³-hybridized carbons (Fsp3) is 0.958. The summed E-state index contributed by atoms with van der Waals surface area (Å²) in [7, 11) is -9.94. The van der Waals surface area contributed by atoms with Crippen molar-refractivity contribution >= 4 is 39.5 Å². The number of carbonyl (C=O) groups excluding carboxylic acids is 4. The monoisotopic (exact) mass is 1680 g/mol. The second-order valence-corrected chi connectivity index (χ2v) is 37.4. The zero-order chi connectivity index (χ0) is 83.8. The fourth-order valence-corrected chi connectivity index (χ4v) is 16.9. The summed E-state index contributed by atoms with van der Waals surface area (Å²) in [5.74, 6) is -2.09. The van der Waals surface area contributed by atoms with E-state index in [4.69, 9.17) is 37.0 Å². The van der Waals surface area contributed by atoms with Crippen LogP contribution in [0.2, 0.25) is 0 Å². The van der Waals surface area contributed by atoms with Crippen molar-refractivity contribution in [2.24, 2.45) is 0 Å². The third-order valence-corrected chi connectivity index (χ3v) is 24.8. The Bertz CT molecular complexity index is 2160. The number of phosphoric ester groups is 2. The summed E-state index contributed by atoms with van der Waals surface area (Å²) in [4.78, 5) is 73.6. The van der Waals surface area contributed by atoms with Crippen molar-refractivity contribution in [3.05, 3.63) is 0 Å². The van der Waals surface area contributed by atoms with Crippen LogP contribution in [-0.4, -0.2) is 96.7 Å². The van der Waals surface area contributed by atoms with Crippen LogP contribution in [0.1, 0.15) is 535 Å². The van der Waals surface area contributed by atoms with E-state index < -0.39 is 97.5 Å². The number of hydrogen-bond donors (Lipinski definition) is 3. The second kappa shape index (κ2) is 89.8. The third kappa shape index (κ3) is 89.6. The Morgan fingerprint density at radius 2 is 0.348 bits per heavy atom. The van der Waals surface area contributed by atoms with Crippen molar-refractivity contribution in [3.8, 4) is 0 Å². The van der Waals surface area contributed by atoms with Crippen molar-refractivity contribution in [2.45, 2.75) is 553 Å². The summed E-state index contributed by atoms with van der Waals surface area (Å²) < 4.78 is 69.2. The minimum atomic E-state index is -4.97. The molecule has 0 aliphatic carbocycles. The van der Waals surface area contributed by atoms with E-state index >= 15 is 0 Å². The highest BCUT2D eigenvalue weighted by Crippen LogP contribution is 2.45. The fourth-order valence-electron chi connectivity index (χ4n) is 15.3. The van der Waals surface area contributed by atoms with Crippen LogP contribution >= 0.6 is 15.6 Å². The van der Waals surface area contributed by atoms with Gasteiger partial charge in [-0.2, -0.15) is 0 Å². The van der Waals surface area contributed by atoms with E-state index in [1.54, 1.807) is 0 Å². The van der Waals surface area contributed by atoms with Gasteiger partial charge >= 0.3 is 39.5 Å². The minimum Gasteiger partial charge on any atom is -0.462 e. The average molecular weight is 1680 g/mol. The molecule has 0 aromatic rings. The molecule has 0 amide bonds. The number of phosphoric acid groups is 2. The highest BCUT2D eigenvalue weighted by atomic mass is 31.2. The van der Waals surface area contributed by atoms with Crippen LogP contribution in [0.5, 0.6) is 0 Å². The van der Waals surface area contributed by atoms with Crippen LogP contribution in [0.4, 0.5) is 0 Å². The maximum Gasteiger partial charge on any atom is 0.472 e. The first-order valence-corrected chi connectivity index (χ1v) is 52.8. The number of carbonyl (C=O) groups is 4. The molecule has 0 aromatic heterocycles. The highest BCUT2D eigenvalue weighted by molar-refractivity contribution is 7.47. The molecule has 0 aliphatic heterocycles. The van der Waals surface area contributed by atoms with Crippen LogP contribution < -0.4 is 0 Å². The Morgan fingerprint density at radius 3 is 0.513 bits per heavy atom. The summed E-state index contributed by atoms with van der Waals surface area (Å²) in [5, 5.41) is 10.7. The maximum atomic E-state index is 13.2. The molecule has 17 nitrogen and oxygen atoms in total. The summed E-state index contributed by atoms with van der Waals surface area (Å²) in [6.07, 6.45) is 89.2.